The van der Waals surface area contributed by atoms with Crippen LogP contribution in [-0.4, -0.2) is 38.4 Å². The van der Waals surface area contributed by atoms with E-state index in [9.17, 15) is 10.2 Å². The molecule has 0 aromatic heterocycles. The van der Waals surface area contributed by atoms with Crippen molar-refractivity contribution in [3.63, 3.8) is 0 Å². The number of aliphatic hydroxyl groups is 2. The van der Waals surface area contributed by atoms with Gasteiger partial charge in [0.25, 0.3) is 0 Å². The number of benzene rings is 2. The molecule has 24 heavy (non-hydrogen) atoms. The molecule has 2 N–H and O–H groups in total. The van der Waals surface area contributed by atoms with E-state index in [1.165, 1.54) is 10.0 Å². The fraction of sp³-hybridized carbons (Fsp3) is 0.400. The summed E-state index contributed by atoms with van der Waals surface area (Å²) in [6, 6.07) is 18.4. The van der Waals surface area contributed by atoms with Gasteiger partial charge in [-0.1, -0.05) is 0 Å². The first-order chi connectivity index (χ1) is 11.7. The molecule has 0 saturated carbocycles. The molecule has 1 fully saturated rings. The Labute approximate surface area is 149 Å². The van der Waals surface area contributed by atoms with Crippen LogP contribution in [0.5, 0.6) is 0 Å². The molecule has 1 aliphatic rings. The summed E-state index contributed by atoms with van der Waals surface area (Å²) in [7, 11) is 0. The van der Waals surface area contributed by atoms with Gasteiger partial charge in [0.05, 0.1) is 0 Å². The standard InChI is InChI=1S/C20H24O3Se/c1-2-17(22)16-10-6-7-11-18(16)24-20-15(12-21)13-23-19(20)14-8-4-3-5-9-14/h3-11,15,17,19-22H,2,12-13H2,1H3/t15-,17+,19+,20-/m1/s1. The third kappa shape index (κ3) is 3.74. The van der Waals surface area contributed by atoms with Gasteiger partial charge in [-0.25, -0.2) is 0 Å². The van der Waals surface area contributed by atoms with Gasteiger partial charge in [0, 0.05) is 0 Å². The van der Waals surface area contributed by atoms with Gasteiger partial charge in [-0.05, 0) is 0 Å². The van der Waals surface area contributed by atoms with E-state index in [-0.39, 0.29) is 38.4 Å². The van der Waals surface area contributed by atoms with Gasteiger partial charge in [0.1, 0.15) is 0 Å². The van der Waals surface area contributed by atoms with Crippen LogP contribution in [-0.2, 0) is 4.74 Å². The van der Waals surface area contributed by atoms with Gasteiger partial charge in [-0.15, -0.1) is 0 Å². The normalized spacial score (nSPS) is 24.9. The minimum absolute atomic E-state index is 0.0233. The van der Waals surface area contributed by atoms with Gasteiger partial charge >= 0.3 is 150 Å². The molecular formula is C20H24O3Se. The average Bonchev–Trinajstić information content (AvgIpc) is 3.05. The first-order valence-electron chi connectivity index (χ1n) is 8.45. The average molecular weight is 391 g/mol. The number of ether oxygens (including phenoxy) is 1. The van der Waals surface area contributed by atoms with Gasteiger partial charge in [-0.2, -0.15) is 0 Å². The summed E-state index contributed by atoms with van der Waals surface area (Å²) in [5.74, 6) is 0.155. The van der Waals surface area contributed by atoms with Crippen molar-refractivity contribution in [2.45, 2.75) is 30.4 Å². The Kier molecular flexibility index (Phi) is 6.09. The fourth-order valence-electron chi connectivity index (χ4n) is 3.14. The summed E-state index contributed by atoms with van der Waals surface area (Å²) in [6.07, 6.45) is 0.308. The molecule has 0 radical (unpaired) electrons. The van der Waals surface area contributed by atoms with E-state index in [1.54, 1.807) is 0 Å². The van der Waals surface area contributed by atoms with Crippen LogP contribution in [0.2, 0.25) is 4.82 Å². The summed E-state index contributed by atoms with van der Waals surface area (Å²) in [5.41, 5.74) is 2.20. The number of hydrogen-bond donors (Lipinski definition) is 2. The van der Waals surface area contributed by atoms with Crippen molar-refractivity contribution in [1.82, 2.24) is 0 Å². The van der Waals surface area contributed by atoms with Crippen molar-refractivity contribution in [2.75, 3.05) is 13.2 Å². The van der Waals surface area contributed by atoms with Crippen molar-refractivity contribution < 1.29 is 14.9 Å². The van der Waals surface area contributed by atoms with E-state index in [1.807, 2.05) is 43.3 Å². The molecule has 128 valence electrons. The zero-order valence-electron chi connectivity index (χ0n) is 13.8. The maximum atomic E-state index is 10.3. The van der Waals surface area contributed by atoms with Crippen LogP contribution in [0.4, 0.5) is 0 Å². The van der Waals surface area contributed by atoms with E-state index in [0.29, 0.717) is 13.0 Å². The fourth-order valence-corrected chi connectivity index (χ4v) is 6.30. The van der Waals surface area contributed by atoms with Crippen LogP contribution in [0.15, 0.2) is 54.6 Å². The maximum absolute atomic E-state index is 10.3. The molecule has 0 bridgehead atoms. The third-order valence-corrected chi connectivity index (χ3v) is 7.75. The minimum atomic E-state index is -0.423. The summed E-state index contributed by atoms with van der Waals surface area (Å²) >= 11 is 0.122. The molecule has 1 heterocycles. The van der Waals surface area contributed by atoms with Gasteiger partial charge < -0.3 is 0 Å². The molecular weight excluding hydrogens is 367 g/mol. The van der Waals surface area contributed by atoms with Crippen molar-refractivity contribution in [3.8, 4) is 0 Å². The summed E-state index contributed by atoms with van der Waals surface area (Å²) in [4.78, 5) is 0.273. The molecule has 0 unspecified atom stereocenters. The van der Waals surface area contributed by atoms with Crippen molar-refractivity contribution in [3.05, 3.63) is 65.7 Å². The predicted molar refractivity (Wildman–Crippen MR) is 96.5 cm³/mol. The Morgan fingerprint density at radius 3 is 2.54 bits per heavy atom. The van der Waals surface area contributed by atoms with E-state index in [4.69, 9.17) is 4.74 Å². The summed E-state index contributed by atoms with van der Waals surface area (Å²) in [5, 5.41) is 20.1. The molecule has 3 nitrogen and oxygen atoms in total. The molecule has 1 saturated heterocycles. The Bertz CT molecular complexity index is 646. The zero-order valence-corrected chi connectivity index (χ0v) is 15.6. The second kappa shape index (κ2) is 8.28. The SMILES string of the molecule is CC[C@H](O)c1ccccc1[Se][C@@H]1[C@H](CO)CO[C@H]1c1ccccc1. The molecule has 0 spiro atoms. The van der Waals surface area contributed by atoms with Gasteiger partial charge in [-0.3, -0.25) is 0 Å². The first kappa shape index (κ1) is 17.7. The predicted octanol–water partition coefficient (Wildman–Crippen LogP) is 2.63. The Balaban J connectivity index is 1.88. The molecule has 3 rings (SSSR count). The quantitative estimate of drug-likeness (QED) is 0.745. The molecule has 4 heteroatoms. The van der Waals surface area contributed by atoms with Crippen molar-refractivity contribution in [1.29, 1.82) is 0 Å². The molecule has 2 aromatic carbocycles. The molecule has 2 aromatic rings. The second-order valence-corrected chi connectivity index (χ2v) is 8.71. The Morgan fingerprint density at radius 1 is 1.12 bits per heavy atom. The van der Waals surface area contributed by atoms with Crippen LogP contribution in [0.3, 0.4) is 0 Å². The van der Waals surface area contributed by atoms with E-state index < -0.39 is 6.10 Å². The molecule has 4 atom stereocenters. The third-order valence-electron chi connectivity index (χ3n) is 4.54. The summed E-state index contributed by atoms with van der Waals surface area (Å²) < 4.78 is 7.26. The van der Waals surface area contributed by atoms with Gasteiger partial charge in [0.2, 0.25) is 0 Å². The van der Waals surface area contributed by atoms with Crippen LogP contribution >= 0.6 is 0 Å². The van der Waals surface area contributed by atoms with Crippen LogP contribution in [0, 0.1) is 5.92 Å². The number of rotatable bonds is 6. The Hall–Kier alpha value is -1.16. The van der Waals surface area contributed by atoms with Gasteiger partial charge in [0.15, 0.2) is 0 Å². The molecule has 0 amide bonds. The number of aliphatic hydroxyl groups excluding tert-OH is 2. The summed E-state index contributed by atoms with van der Waals surface area (Å²) in [6.45, 7) is 2.74. The first-order valence-corrected chi connectivity index (χ1v) is 10.3. The topological polar surface area (TPSA) is 49.7 Å². The van der Waals surface area contributed by atoms with E-state index in [0.717, 1.165) is 5.56 Å². The second-order valence-electron chi connectivity index (χ2n) is 6.15. The van der Waals surface area contributed by atoms with E-state index in [2.05, 4.69) is 18.2 Å². The molecule has 1 aliphatic heterocycles. The van der Waals surface area contributed by atoms with E-state index >= 15 is 0 Å². The monoisotopic (exact) mass is 392 g/mol. The zero-order chi connectivity index (χ0) is 16.9. The number of hydrogen-bond acceptors (Lipinski definition) is 3. The van der Waals surface area contributed by atoms with Crippen molar-refractivity contribution >= 4 is 19.4 Å². The van der Waals surface area contributed by atoms with Crippen molar-refractivity contribution in [2.24, 2.45) is 5.92 Å². The van der Waals surface area contributed by atoms with Crippen LogP contribution in [0.25, 0.3) is 0 Å². The Morgan fingerprint density at radius 2 is 1.83 bits per heavy atom. The van der Waals surface area contributed by atoms with Crippen LogP contribution < -0.4 is 4.46 Å². The molecule has 0 aliphatic carbocycles. The van der Waals surface area contributed by atoms with Crippen LogP contribution in [0.1, 0.15) is 36.7 Å².